The van der Waals surface area contributed by atoms with Crippen LogP contribution in [0.15, 0.2) is 42.5 Å². The molecule has 1 nitrogen and oxygen atoms in total. The molecule has 0 radical (unpaired) electrons. The van der Waals surface area contributed by atoms with Gasteiger partial charge in [0.2, 0.25) is 0 Å². The highest BCUT2D eigenvalue weighted by Gasteiger charge is 2.13. The number of rotatable bonds is 6. The Morgan fingerprint density at radius 2 is 1.90 bits per heavy atom. The van der Waals surface area contributed by atoms with Gasteiger partial charge in [-0.25, -0.2) is 4.39 Å². The lowest BCUT2D eigenvalue weighted by atomic mass is 9.95. The summed E-state index contributed by atoms with van der Waals surface area (Å²) < 4.78 is 13.3. The quantitative estimate of drug-likeness (QED) is 0.809. The van der Waals surface area contributed by atoms with E-state index in [1.807, 2.05) is 13.0 Å². The van der Waals surface area contributed by atoms with Crippen LogP contribution in [0, 0.1) is 19.7 Å². The Hall–Kier alpha value is -1.67. The summed E-state index contributed by atoms with van der Waals surface area (Å²) in [5.41, 5.74) is 4.87. The fourth-order valence-electron chi connectivity index (χ4n) is 2.82. The Bertz CT molecular complexity index is 592. The van der Waals surface area contributed by atoms with E-state index in [4.69, 9.17) is 0 Å². The van der Waals surface area contributed by atoms with Crippen molar-refractivity contribution >= 4 is 0 Å². The van der Waals surface area contributed by atoms with Crippen molar-refractivity contribution in [1.82, 2.24) is 5.32 Å². The SMILES string of the molecule is CCNC(CCc1cccc(C)c1)c1ccc(F)cc1C. The molecule has 0 amide bonds. The van der Waals surface area contributed by atoms with Crippen LogP contribution in [0.2, 0.25) is 0 Å². The third-order valence-electron chi connectivity index (χ3n) is 3.86. The molecule has 0 saturated carbocycles. The predicted octanol–water partition coefficient (Wildman–Crippen LogP) is 4.73. The van der Waals surface area contributed by atoms with Crippen molar-refractivity contribution in [2.45, 2.75) is 39.7 Å². The maximum absolute atomic E-state index is 13.3. The highest BCUT2D eigenvalue weighted by atomic mass is 19.1. The molecule has 112 valence electrons. The molecule has 2 heteroatoms. The zero-order valence-corrected chi connectivity index (χ0v) is 13.1. The highest BCUT2D eigenvalue weighted by Crippen LogP contribution is 2.23. The van der Waals surface area contributed by atoms with Gasteiger partial charge in [0.05, 0.1) is 0 Å². The van der Waals surface area contributed by atoms with Crippen LogP contribution in [0.5, 0.6) is 0 Å². The lowest BCUT2D eigenvalue weighted by Gasteiger charge is -2.20. The summed E-state index contributed by atoms with van der Waals surface area (Å²) in [6, 6.07) is 14.0. The monoisotopic (exact) mass is 285 g/mol. The Kier molecular flexibility index (Phi) is 5.51. The molecular formula is C19H24FN. The molecule has 1 N–H and O–H groups in total. The minimum Gasteiger partial charge on any atom is -0.310 e. The van der Waals surface area contributed by atoms with Gasteiger partial charge in [-0.15, -0.1) is 0 Å². The molecule has 21 heavy (non-hydrogen) atoms. The summed E-state index contributed by atoms with van der Waals surface area (Å²) >= 11 is 0. The smallest absolute Gasteiger partial charge is 0.123 e. The van der Waals surface area contributed by atoms with E-state index in [0.29, 0.717) is 0 Å². The van der Waals surface area contributed by atoms with Crippen LogP contribution in [-0.4, -0.2) is 6.54 Å². The minimum absolute atomic E-state index is 0.162. The molecule has 1 atom stereocenters. The molecule has 2 aromatic carbocycles. The molecule has 0 heterocycles. The van der Waals surface area contributed by atoms with Crippen molar-refractivity contribution in [3.8, 4) is 0 Å². The van der Waals surface area contributed by atoms with Gasteiger partial charge in [0.25, 0.3) is 0 Å². The molecule has 2 aromatic rings. The van der Waals surface area contributed by atoms with Crippen LogP contribution < -0.4 is 5.32 Å². The van der Waals surface area contributed by atoms with E-state index in [0.717, 1.165) is 24.9 Å². The standard InChI is InChI=1S/C19H24FN/c1-4-21-19(18-10-9-17(20)13-15(18)3)11-8-16-7-5-6-14(2)12-16/h5-7,9-10,12-13,19,21H,4,8,11H2,1-3H3. The second-order valence-electron chi connectivity index (χ2n) is 5.64. The van der Waals surface area contributed by atoms with Crippen LogP contribution in [0.1, 0.15) is 41.6 Å². The molecular weight excluding hydrogens is 261 g/mol. The predicted molar refractivity (Wildman–Crippen MR) is 87.1 cm³/mol. The fraction of sp³-hybridized carbons (Fsp3) is 0.368. The first-order chi connectivity index (χ1) is 10.1. The van der Waals surface area contributed by atoms with E-state index >= 15 is 0 Å². The third-order valence-corrected chi connectivity index (χ3v) is 3.86. The molecule has 0 aromatic heterocycles. The topological polar surface area (TPSA) is 12.0 Å². The Morgan fingerprint density at radius 1 is 1.10 bits per heavy atom. The number of hydrogen-bond donors (Lipinski definition) is 1. The van der Waals surface area contributed by atoms with Gasteiger partial charge in [0, 0.05) is 6.04 Å². The number of halogens is 1. The average molecular weight is 285 g/mol. The van der Waals surface area contributed by atoms with Gasteiger partial charge in [0.15, 0.2) is 0 Å². The van der Waals surface area contributed by atoms with Gasteiger partial charge >= 0.3 is 0 Å². The molecule has 0 aliphatic heterocycles. The van der Waals surface area contributed by atoms with Crippen LogP contribution in [-0.2, 0) is 6.42 Å². The summed E-state index contributed by atoms with van der Waals surface area (Å²) in [5, 5.41) is 3.52. The maximum atomic E-state index is 13.3. The molecule has 2 rings (SSSR count). The summed E-state index contributed by atoms with van der Waals surface area (Å²) in [7, 11) is 0. The first-order valence-corrected chi connectivity index (χ1v) is 7.65. The Labute approximate surface area is 127 Å². The van der Waals surface area contributed by atoms with Gasteiger partial charge in [-0.1, -0.05) is 42.8 Å². The van der Waals surface area contributed by atoms with Crippen molar-refractivity contribution < 1.29 is 4.39 Å². The van der Waals surface area contributed by atoms with Crippen LogP contribution in [0.4, 0.5) is 4.39 Å². The third kappa shape index (κ3) is 4.40. The second kappa shape index (κ2) is 7.37. The molecule has 0 aliphatic carbocycles. The summed E-state index contributed by atoms with van der Waals surface area (Å²) in [6.07, 6.45) is 2.04. The van der Waals surface area contributed by atoms with E-state index in [9.17, 15) is 4.39 Å². The van der Waals surface area contributed by atoms with Crippen LogP contribution in [0.3, 0.4) is 0 Å². The van der Waals surface area contributed by atoms with E-state index in [1.165, 1.54) is 16.7 Å². The highest BCUT2D eigenvalue weighted by molar-refractivity contribution is 5.30. The van der Waals surface area contributed by atoms with Crippen LogP contribution >= 0.6 is 0 Å². The van der Waals surface area contributed by atoms with Crippen LogP contribution in [0.25, 0.3) is 0 Å². The minimum atomic E-state index is -0.162. The van der Waals surface area contributed by atoms with Gasteiger partial charge in [-0.2, -0.15) is 0 Å². The molecule has 0 fully saturated rings. The van der Waals surface area contributed by atoms with E-state index in [-0.39, 0.29) is 11.9 Å². The van der Waals surface area contributed by atoms with Gasteiger partial charge < -0.3 is 5.32 Å². The number of aryl methyl sites for hydroxylation is 3. The zero-order chi connectivity index (χ0) is 15.2. The first-order valence-electron chi connectivity index (χ1n) is 7.65. The Morgan fingerprint density at radius 3 is 2.57 bits per heavy atom. The number of benzene rings is 2. The Balaban J connectivity index is 2.12. The van der Waals surface area contributed by atoms with Gasteiger partial charge in [0.1, 0.15) is 5.82 Å². The van der Waals surface area contributed by atoms with E-state index in [1.54, 1.807) is 12.1 Å². The molecule has 1 unspecified atom stereocenters. The average Bonchev–Trinajstić information content (AvgIpc) is 2.44. The largest absolute Gasteiger partial charge is 0.310 e. The lowest BCUT2D eigenvalue weighted by molar-refractivity contribution is 0.511. The van der Waals surface area contributed by atoms with Gasteiger partial charge in [-0.3, -0.25) is 0 Å². The van der Waals surface area contributed by atoms with Crippen molar-refractivity contribution in [3.05, 3.63) is 70.5 Å². The summed E-state index contributed by atoms with van der Waals surface area (Å²) in [6.45, 7) is 7.12. The summed E-state index contributed by atoms with van der Waals surface area (Å²) in [4.78, 5) is 0. The lowest BCUT2D eigenvalue weighted by Crippen LogP contribution is -2.22. The maximum Gasteiger partial charge on any atom is 0.123 e. The normalized spacial score (nSPS) is 12.4. The zero-order valence-electron chi connectivity index (χ0n) is 13.1. The second-order valence-corrected chi connectivity index (χ2v) is 5.64. The van der Waals surface area contributed by atoms with Crippen molar-refractivity contribution in [2.24, 2.45) is 0 Å². The molecule has 0 aliphatic rings. The van der Waals surface area contributed by atoms with Crippen molar-refractivity contribution in [3.63, 3.8) is 0 Å². The number of hydrogen-bond acceptors (Lipinski definition) is 1. The van der Waals surface area contributed by atoms with Gasteiger partial charge in [-0.05, 0) is 62.1 Å². The fourth-order valence-corrected chi connectivity index (χ4v) is 2.82. The first kappa shape index (κ1) is 15.7. The molecule has 0 saturated heterocycles. The number of nitrogens with one attached hydrogen (secondary N) is 1. The molecule has 0 bridgehead atoms. The van der Waals surface area contributed by atoms with E-state index in [2.05, 4.69) is 43.4 Å². The van der Waals surface area contributed by atoms with E-state index < -0.39 is 0 Å². The molecule has 0 spiro atoms. The summed E-state index contributed by atoms with van der Waals surface area (Å²) in [5.74, 6) is -0.162. The van der Waals surface area contributed by atoms with Crippen molar-refractivity contribution in [1.29, 1.82) is 0 Å². The van der Waals surface area contributed by atoms with Crippen molar-refractivity contribution in [2.75, 3.05) is 6.54 Å².